The standard InChI is InChI=1S/C15H15BrN2O3/c1-10(12-3-2-4-13(8-12)18(20)21)17-9-11-5-6-15(19)14(16)7-11/h2-8,10,17,19H,9H2,1H3. The third-order valence-electron chi connectivity index (χ3n) is 3.21. The highest BCUT2D eigenvalue weighted by atomic mass is 79.9. The number of nitro benzene ring substituents is 1. The van der Waals surface area contributed by atoms with Crippen molar-refractivity contribution in [2.75, 3.05) is 0 Å². The average Bonchev–Trinajstić information content (AvgIpc) is 2.48. The lowest BCUT2D eigenvalue weighted by Gasteiger charge is -2.14. The Morgan fingerprint density at radius 3 is 2.76 bits per heavy atom. The Morgan fingerprint density at radius 1 is 1.33 bits per heavy atom. The van der Waals surface area contributed by atoms with Gasteiger partial charge in [0.15, 0.2) is 0 Å². The van der Waals surface area contributed by atoms with Crippen LogP contribution in [0.15, 0.2) is 46.9 Å². The van der Waals surface area contributed by atoms with E-state index >= 15 is 0 Å². The SMILES string of the molecule is CC(NCc1ccc(O)c(Br)c1)c1cccc([N+](=O)[O-])c1. The van der Waals surface area contributed by atoms with Gasteiger partial charge < -0.3 is 10.4 Å². The summed E-state index contributed by atoms with van der Waals surface area (Å²) in [6.45, 7) is 2.55. The Balaban J connectivity index is 2.04. The normalized spacial score (nSPS) is 12.1. The monoisotopic (exact) mass is 350 g/mol. The summed E-state index contributed by atoms with van der Waals surface area (Å²) < 4.78 is 0.643. The Hall–Kier alpha value is -1.92. The molecule has 2 aromatic rings. The van der Waals surface area contributed by atoms with Crippen molar-refractivity contribution in [3.8, 4) is 5.75 Å². The van der Waals surface area contributed by atoms with Crippen molar-refractivity contribution < 1.29 is 10.0 Å². The van der Waals surface area contributed by atoms with Crippen LogP contribution in [0.4, 0.5) is 5.69 Å². The molecule has 2 aromatic carbocycles. The van der Waals surface area contributed by atoms with Gasteiger partial charge in [-0.25, -0.2) is 0 Å². The number of aromatic hydroxyl groups is 1. The van der Waals surface area contributed by atoms with Gasteiger partial charge in [0.2, 0.25) is 0 Å². The molecule has 0 aliphatic rings. The molecule has 6 heteroatoms. The van der Waals surface area contributed by atoms with Crippen LogP contribution in [-0.2, 0) is 6.54 Å². The largest absolute Gasteiger partial charge is 0.507 e. The number of hydrogen-bond acceptors (Lipinski definition) is 4. The highest BCUT2D eigenvalue weighted by molar-refractivity contribution is 9.10. The van der Waals surface area contributed by atoms with E-state index < -0.39 is 4.92 Å². The summed E-state index contributed by atoms with van der Waals surface area (Å²) in [5.74, 6) is 0.200. The maximum Gasteiger partial charge on any atom is 0.269 e. The van der Waals surface area contributed by atoms with Gasteiger partial charge in [-0.05, 0) is 46.1 Å². The van der Waals surface area contributed by atoms with Gasteiger partial charge in [0.1, 0.15) is 5.75 Å². The molecule has 0 amide bonds. The Kier molecular flexibility index (Phi) is 4.93. The van der Waals surface area contributed by atoms with E-state index in [4.69, 9.17) is 0 Å². The van der Waals surface area contributed by atoms with Crippen molar-refractivity contribution in [1.29, 1.82) is 0 Å². The van der Waals surface area contributed by atoms with Gasteiger partial charge in [-0.3, -0.25) is 10.1 Å². The molecule has 21 heavy (non-hydrogen) atoms. The number of phenols is 1. The number of rotatable bonds is 5. The molecule has 5 nitrogen and oxygen atoms in total. The molecule has 0 saturated carbocycles. The summed E-state index contributed by atoms with van der Waals surface area (Å²) in [6, 6.07) is 11.9. The van der Waals surface area contributed by atoms with Crippen molar-refractivity contribution in [1.82, 2.24) is 5.32 Å². The second-order valence-electron chi connectivity index (χ2n) is 4.74. The number of nitro groups is 1. The van der Waals surface area contributed by atoms with Gasteiger partial charge in [0.05, 0.1) is 9.40 Å². The number of benzene rings is 2. The second kappa shape index (κ2) is 6.69. The van der Waals surface area contributed by atoms with E-state index in [0.717, 1.165) is 11.1 Å². The molecule has 0 fully saturated rings. The highest BCUT2D eigenvalue weighted by Crippen LogP contribution is 2.25. The predicted octanol–water partition coefficient (Wildman–Crippen LogP) is 3.91. The zero-order valence-electron chi connectivity index (χ0n) is 11.4. The Bertz CT molecular complexity index is 661. The van der Waals surface area contributed by atoms with Crippen LogP contribution in [0, 0.1) is 10.1 Å². The molecule has 0 saturated heterocycles. The molecule has 0 aliphatic heterocycles. The second-order valence-corrected chi connectivity index (χ2v) is 5.59. The van der Waals surface area contributed by atoms with Gasteiger partial charge in [0, 0.05) is 24.7 Å². The Labute approximate surface area is 130 Å². The molecule has 2 N–H and O–H groups in total. The third-order valence-corrected chi connectivity index (χ3v) is 3.84. The van der Waals surface area contributed by atoms with Crippen molar-refractivity contribution >= 4 is 21.6 Å². The fourth-order valence-electron chi connectivity index (χ4n) is 1.96. The van der Waals surface area contributed by atoms with Crippen LogP contribution in [0.5, 0.6) is 5.75 Å². The first-order chi connectivity index (χ1) is 9.97. The molecule has 1 unspecified atom stereocenters. The zero-order valence-corrected chi connectivity index (χ0v) is 13.0. The van der Waals surface area contributed by atoms with Crippen LogP contribution in [-0.4, -0.2) is 10.0 Å². The van der Waals surface area contributed by atoms with E-state index in [0.29, 0.717) is 11.0 Å². The number of phenolic OH excluding ortho intramolecular Hbond substituents is 1. The number of halogens is 1. The van der Waals surface area contributed by atoms with Crippen LogP contribution in [0.3, 0.4) is 0 Å². The van der Waals surface area contributed by atoms with Crippen LogP contribution < -0.4 is 5.32 Å². The first-order valence-electron chi connectivity index (χ1n) is 6.42. The fraction of sp³-hybridized carbons (Fsp3) is 0.200. The van der Waals surface area contributed by atoms with Crippen molar-refractivity contribution in [3.63, 3.8) is 0 Å². The lowest BCUT2D eigenvalue weighted by atomic mass is 10.1. The first-order valence-corrected chi connectivity index (χ1v) is 7.22. The van der Waals surface area contributed by atoms with Gasteiger partial charge in [-0.15, -0.1) is 0 Å². The van der Waals surface area contributed by atoms with Crippen LogP contribution >= 0.6 is 15.9 Å². The molecular weight excluding hydrogens is 336 g/mol. The molecule has 0 bridgehead atoms. The first kappa shape index (κ1) is 15.5. The molecule has 0 aliphatic carbocycles. The topological polar surface area (TPSA) is 75.4 Å². The number of non-ortho nitro benzene ring substituents is 1. The quantitative estimate of drug-likeness (QED) is 0.633. The summed E-state index contributed by atoms with van der Waals surface area (Å²) in [7, 11) is 0. The van der Waals surface area contributed by atoms with Crippen LogP contribution in [0.2, 0.25) is 0 Å². The van der Waals surface area contributed by atoms with E-state index in [1.807, 2.05) is 25.1 Å². The molecule has 2 rings (SSSR count). The minimum atomic E-state index is -0.396. The number of nitrogens with one attached hydrogen (secondary N) is 1. The zero-order chi connectivity index (χ0) is 15.4. The van der Waals surface area contributed by atoms with Crippen molar-refractivity contribution in [3.05, 3.63) is 68.2 Å². The lowest BCUT2D eigenvalue weighted by molar-refractivity contribution is -0.384. The smallest absolute Gasteiger partial charge is 0.269 e. The maximum atomic E-state index is 10.8. The highest BCUT2D eigenvalue weighted by Gasteiger charge is 2.10. The molecule has 0 heterocycles. The van der Waals surface area contributed by atoms with Crippen LogP contribution in [0.25, 0.3) is 0 Å². The fourth-order valence-corrected chi connectivity index (χ4v) is 2.38. The number of nitrogens with zero attached hydrogens (tertiary/aromatic N) is 1. The summed E-state index contributed by atoms with van der Waals surface area (Å²) in [5.41, 5.74) is 1.97. The van der Waals surface area contributed by atoms with Crippen molar-refractivity contribution in [2.45, 2.75) is 19.5 Å². The third kappa shape index (κ3) is 4.03. The maximum absolute atomic E-state index is 10.8. The van der Waals surface area contributed by atoms with E-state index in [-0.39, 0.29) is 17.5 Å². The predicted molar refractivity (Wildman–Crippen MR) is 84.2 cm³/mol. The van der Waals surface area contributed by atoms with Gasteiger partial charge >= 0.3 is 0 Å². The van der Waals surface area contributed by atoms with E-state index in [1.165, 1.54) is 6.07 Å². The minimum absolute atomic E-state index is 0.0162. The minimum Gasteiger partial charge on any atom is -0.507 e. The van der Waals surface area contributed by atoms with Crippen LogP contribution in [0.1, 0.15) is 24.1 Å². The van der Waals surface area contributed by atoms with Gasteiger partial charge in [-0.2, -0.15) is 0 Å². The van der Waals surface area contributed by atoms with E-state index in [9.17, 15) is 15.2 Å². The summed E-state index contributed by atoms with van der Waals surface area (Å²) >= 11 is 3.27. The van der Waals surface area contributed by atoms with Gasteiger partial charge in [0.25, 0.3) is 5.69 Å². The summed E-state index contributed by atoms with van der Waals surface area (Å²) in [4.78, 5) is 10.4. The molecule has 0 aromatic heterocycles. The molecule has 0 radical (unpaired) electrons. The van der Waals surface area contributed by atoms with Gasteiger partial charge in [-0.1, -0.05) is 18.2 Å². The average molecular weight is 351 g/mol. The molecule has 0 spiro atoms. The molecule has 1 atom stereocenters. The molecule has 110 valence electrons. The molecular formula is C15H15BrN2O3. The van der Waals surface area contributed by atoms with E-state index in [1.54, 1.807) is 18.2 Å². The summed E-state index contributed by atoms with van der Waals surface area (Å²) in [6.07, 6.45) is 0. The summed E-state index contributed by atoms with van der Waals surface area (Å²) in [5, 5.41) is 23.5. The van der Waals surface area contributed by atoms with Crippen molar-refractivity contribution in [2.24, 2.45) is 0 Å². The Morgan fingerprint density at radius 2 is 2.10 bits per heavy atom. The number of hydrogen-bond donors (Lipinski definition) is 2. The lowest BCUT2D eigenvalue weighted by Crippen LogP contribution is -2.18. The van der Waals surface area contributed by atoms with E-state index in [2.05, 4.69) is 21.2 Å².